The molecular formula is C17H18N4O. The molecule has 5 nitrogen and oxygen atoms in total. The third-order valence-electron chi connectivity index (χ3n) is 4.71. The molecule has 1 amide bonds. The first-order valence-electron chi connectivity index (χ1n) is 7.57. The van der Waals surface area contributed by atoms with Crippen molar-refractivity contribution in [3.05, 3.63) is 54.9 Å². The second-order valence-electron chi connectivity index (χ2n) is 6.04. The van der Waals surface area contributed by atoms with Gasteiger partial charge in [-0.2, -0.15) is 5.10 Å². The van der Waals surface area contributed by atoms with Gasteiger partial charge >= 0.3 is 0 Å². The fourth-order valence-electron chi connectivity index (χ4n) is 3.60. The van der Waals surface area contributed by atoms with Crippen molar-refractivity contribution in [2.75, 3.05) is 5.32 Å². The van der Waals surface area contributed by atoms with Crippen LogP contribution >= 0.6 is 0 Å². The minimum absolute atomic E-state index is 0.0157. The van der Waals surface area contributed by atoms with Crippen molar-refractivity contribution in [3.63, 3.8) is 0 Å². The van der Waals surface area contributed by atoms with Crippen LogP contribution in [-0.2, 0) is 4.79 Å². The van der Waals surface area contributed by atoms with Crippen molar-refractivity contribution >= 4 is 11.6 Å². The van der Waals surface area contributed by atoms with Gasteiger partial charge < -0.3 is 11.1 Å². The van der Waals surface area contributed by atoms with Gasteiger partial charge in [0.05, 0.1) is 11.6 Å². The van der Waals surface area contributed by atoms with E-state index in [9.17, 15) is 4.79 Å². The SMILES string of the molecule is N[C@@H]1[C@H](C(=O)Nc2cccc(-n3cccn3)c2)[C@@H]2C=C[C@H]1C2. The molecule has 22 heavy (non-hydrogen) atoms. The molecule has 4 rings (SSSR count). The number of hydrogen-bond acceptors (Lipinski definition) is 3. The van der Waals surface area contributed by atoms with E-state index in [0.29, 0.717) is 5.92 Å². The number of benzene rings is 1. The standard InChI is InChI=1S/C17H18N4O/c18-16-12-6-5-11(9-12)15(16)17(22)20-13-3-1-4-14(10-13)21-8-2-7-19-21/h1-8,10-12,15-16H,9,18H2,(H,20,22)/t11-,12+,15-,16+/m1/s1. The zero-order valence-electron chi connectivity index (χ0n) is 12.1. The summed E-state index contributed by atoms with van der Waals surface area (Å²) in [5.41, 5.74) is 7.89. The molecule has 0 radical (unpaired) electrons. The van der Waals surface area contributed by atoms with Gasteiger partial charge in [-0.15, -0.1) is 0 Å². The molecule has 2 aliphatic rings. The fraction of sp³-hybridized carbons (Fsp3) is 0.294. The lowest BCUT2D eigenvalue weighted by atomic mass is 9.88. The van der Waals surface area contributed by atoms with E-state index in [1.54, 1.807) is 10.9 Å². The topological polar surface area (TPSA) is 72.9 Å². The zero-order valence-corrected chi connectivity index (χ0v) is 12.1. The molecule has 4 atom stereocenters. The van der Waals surface area contributed by atoms with Crippen LogP contribution in [0.25, 0.3) is 5.69 Å². The molecule has 1 fully saturated rings. The summed E-state index contributed by atoms with van der Waals surface area (Å²) in [7, 11) is 0. The van der Waals surface area contributed by atoms with Crippen LogP contribution in [-0.4, -0.2) is 21.7 Å². The van der Waals surface area contributed by atoms with Crippen molar-refractivity contribution in [3.8, 4) is 5.69 Å². The quantitative estimate of drug-likeness (QED) is 0.850. The first-order valence-corrected chi connectivity index (χ1v) is 7.57. The summed E-state index contributed by atoms with van der Waals surface area (Å²) in [6.45, 7) is 0. The first-order chi connectivity index (χ1) is 10.7. The second-order valence-corrected chi connectivity index (χ2v) is 6.04. The van der Waals surface area contributed by atoms with Crippen molar-refractivity contribution in [1.82, 2.24) is 9.78 Å². The molecule has 1 aromatic carbocycles. The minimum Gasteiger partial charge on any atom is -0.326 e. The summed E-state index contributed by atoms with van der Waals surface area (Å²) in [5, 5.41) is 7.21. The molecule has 0 saturated heterocycles. The average molecular weight is 294 g/mol. The van der Waals surface area contributed by atoms with Crippen LogP contribution in [0.15, 0.2) is 54.9 Å². The number of allylic oxidation sites excluding steroid dienone is 1. The molecular weight excluding hydrogens is 276 g/mol. The van der Waals surface area contributed by atoms with Crippen molar-refractivity contribution < 1.29 is 4.79 Å². The Morgan fingerprint density at radius 2 is 2.14 bits per heavy atom. The number of anilines is 1. The van der Waals surface area contributed by atoms with E-state index >= 15 is 0 Å². The molecule has 1 saturated carbocycles. The normalized spacial score (nSPS) is 29.0. The molecule has 2 bridgehead atoms. The maximum absolute atomic E-state index is 12.6. The molecule has 2 aliphatic carbocycles. The Morgan fingerprint density at radius 3 is 2.86 bits per heavy atom. The average Bonchev–Trinajstić information content (AvgIpc) is 3.24. The number of amides is 1. The summed E-state index contributed by atoms with van der Waals surface area (Å²) in [6, 6.07) is 9.47. The Balaban J connectivity index is 1.53. The number of carbonyl (C=O) groups is 1. The molecule has 3 N–H and O–H groups in total. The maximum Gasteiger partial charge on any atom is 0.229 e. The number of hydrogen-bond donors (Lipinski definition) is 2. The van der Waals surface area contributed by atoms with Crippen LogP contribution in [0.1, 0.15) is 6.42 Å². The Morgan fingerprint density at radius 1 is 1.27 bits per heavy atom. The van der Waals surface area contributed by atoms with E-state index in [2.05, 4.69) is 22.6 Å². The van der Waals surface area contributed by atoms with E-state index < -0.39 is 0 Å². The number of fused-ring (bicyclic) bond motifs is 2. The minimum atomic E-state index is -0.122. The van der Waals surface area contributed by atoms with Crippen LogP contribution in [0.4, 0.5) is 5.69 Å². The molecule has 0 unspecified atom stereocenters. The molecule has 112 valence electrons. The van der Waals surface area contributed by atoms with E-state index in [1.165, 1.54) is 0 Å². The number of aromatic nitrogens is 2. The largest absolute Gasteiger partial charge is 0.326 e. The number of nitrogens with one attached hydrogen (secondary N) is 1. The van der Waals surface area contributed by atoms with Crippen LogP contribution in [0.2, 0.25) is 0 Å². The predicted octanol–water partition coefficient (Wildman–Crippen LogP) is 1.96. The molecule has 0 spiro atoms. The number of nitrogens with zero attached hydrogens (tertiary/aromatic N) is 2. The van der Waals surface area contributed by atoms with Gasteiger partial charge in [0.25, 0.3) is 0 Å². The van der Waals surface area contributed by atoms with Crippen LogP contribution in [0.5, 0.6) is 0 Å². The second kappa shape index (κ2) is 5.10. The van der Waals surface area contributed by atoms with Crippen molar-refractivity contribution in [2.24, 2.45) is 23.5 Å². The van der Waals surface area contributed by atoms with Gasteiger partial charge in [-0.3, -0.25) is 4.79 Å². The monoisotopic (exact) mass is 294 g/mol. The maximum atomic E-state index is 12.6. The summed E-state index contributed by atoms with van der Waals surface area (Å²) in [6.07, 6.45) is 8.89. The van der Waals surface area contributed by atoms with Crippen LogP contribution < -0.4 is 11.1 Å². The Bertz CT molecular complexity index is 722. The highest BCUT2D eigenvalue weighted by Crippen LogP contribution is 2.43. The third-order valence-corrected chi connectivity index (χ3v) is 4.71. The third kappa shape index (κ3) is 2.14. The van der Waals surface area contributed by atoms with Crippen LogP contribution in [0.3, 0.4) is 0 Å². The highest BCUT2D eigenvalue weighted by atomic mass is 16.2. The smallest absolute Gasteiger partial charge is 0.229 e. The van der Waals surface area contributed by atoms with Gasteiger partial charge in [0.2, 0.25) is 5.91 Å². The zero-order chi connectivity index (χ0) is 15.1. The number of rotatable bonds is 3. The van der Waals surface area contributed by atoms with E-state index in [1.807, 2.05) is 36.5 Å². The van der Waals surface area contributed by atoms with E-state index in [-0.39, 0.29) is 23.8 Å². The Kier molecular flexibility index (Phi) is 3.08. The van der Waals surface area contributed by atoms with Gasteiger partial charge in [-0.25, -0.2) is 4.68 Å². The van der Waals surface area contributed by atoms with Gasteiger partial charge in [-0.05, 0) is 42.5 Å². The lowest BCUT2D eigenvalue weighted by Crippen LogP contribution is -2.41. The summed E-state index contributed by atoms with van der Waals surface area (Å²) >= 11 is 0. The lowest BCUT2D eigenvalue weighted by Gasteiger charge is -2.23. The van der Waals surface area contributed by atoms with Crippen molar-refractivity contribution in [2.45, 2.75) is 12.5 Å². The Labute approximate surface area is 128 Å². The van der Waals surface area contributed by atoms with E-state index in [0.717, 1.165) is 17.8 Å². The summed E-state index contributed by atoms with van der Waals surface area (Å²) < 4.78 is 1.77. The van der Waals surface area contributed by atoms with Gasteiger partial charge in [0, 0.05) is 24.1 Å². The van der Waals surface area contributed by atoms with Crippen LogP contribution in [0, 0.1) is 17.8 Å². The van der Waals surface area contributed by atoms with E-state index in [4.69, 9.17) is 5.73 Å². The number of carbonyl (C=O) groups excluding carboxylic acids is 1. The molecule has 1 aromatic heterocycles. The lowest BCUT2D eigenvalue weighted by molar-refractivity contribution is -0.120. The molecule has 2 aromatic rings. The Hall–Kier alpha value is -2.40. The fourth-order valence-corrected chi connectivity index (χ4v) is 3.60. The predicted molar refractivity (Wildman–Crippen MR) is 84.4 cm³/mol. The highest BCUT2D eigenvalue weighted by Gasteiger charge is 2.46. The van der Waals surface area contributed by atoms with Gasteiger partial charge in [-0.1, -0.05) is 18.2 Å². The molecule has 1 heterocycles. The van der Waals surface area contributed by atoms with Crippen molar-refractivity contribution in [1.29, 1.82) is 0 Å². The summed E-state index contributed by atoms with van der Waals surface area (Å²) in [4.78, 5) is 12.6. The highest BCUT2D eigenvalue weighted by molar-refractivity contribution is 5.94. The number of nitrogens with two attached hydrogens (primary N) is 1. The first kappa shape index (κ1) is 13.3. The molecule has 5 heteroatoms. The van der Waals surface area contributed by atoms with Gasteiger partial charge in [0.15, 0.2) is 0 Å². The van der Waals surface area contributed by atoms with Gasteiger partial charge in [0.1, 0.15) is 0 Å². The summed E-state index contributed by atoms with van der Waals surface area (Å²) in [5.74, 6) is 0.538. The molecule has 0 aliphatic heterocycles.